The molecule has 4 heteroatoms. The predicted octanol–water partition coefficient (Wildman–Crippen LogP) is 3.01. The van der Waals surface area contributed by atoms with Crippen molar-refractivity contribution in [1.29, 1.82) is 0 Å². The van der Waals surface area contributed by atoms with Crippen molar-refractivity contribution in [3.8, 4) is 5.75 Å². The Morgan fingerprint density at radius 3 is 2.58 bits per heavy atom. The van der Waals surface area contributed by atoms with Crippen molar-refractivity contribution in [1.82, 2.24) is 10.3 Å². The number of hydrogen-bond donors (Lipinski definition) is 2. The molecule has 1 aromatic heterocycles. The number of H-pyrrole nitrogens is 1. The minimum atomic E-state index is -0.251. The van der Waals surface area contributed by atoms with Crippen LogP contribution in [-0.4, -0.2) is 23.5 Å². The molecule has 0 aliphatic rings. The third-order valence-electron chi connectivity index (χ3n) is 2.98. The Hall–Kier alpha value is -1.97. The number of aromatic nitrogens is 1. The highest BCUT2D eigenvalue weighted by molar-refractivity contribution is 6.01. The highest BCUT2D eigenvalue weighted by atomic mass is 16.5. The molecule has 0 spiro atoms. The topological polar surface area (TPSA) is 54.1 Å². The molecule has 2 N–H and O–H groups in total. The maximum Gasteiger partial charge on any atom is 0.268 e. The highest BCUT2D eigenvalue weighted by Gasteiger charge is 2.19. The van der Waals surface area contributed by atoms with Gasteiger partial charge in [0.2, 0.25) is 0 Å². The maximum atomic E-state index is 12.2. The first kappa shape index (κ1) is 13.5. The Balaban J connectivity index is 2.45. The summed E-state index contributed by atoms with van der Waals surface area (Å²) in [7, 11) is 1.64. The summed E-state index contributed by atoms with van der Waals surface area (Å²) in [5.41, 5.74) is 2.24. The van der Waals surface area contributed by atoms with E-state index >= 15 is 0 Å². The molecule has 0 saturated carbocycles. The second-order valence-corrected chi connectivity index (χ2v) is 5.74. The summed E-state index contributed by atoms with van der Waals surface area (Å²) in [5, 5.41) is 3.98. The van der Waals surface area contributed by atoms with Crippen LogP contribution in [-0.2, 0) is 0 Å². The zero-order valence-electron chi connectivity index (χ0n) is 12.0. The number of amides is 1. The summed E-state index contributed by atoms with van der Waals surface area (Å²) < 4.78 is 5.21. The Morgan fingerprint density at radius 1 is 1.32 bits per heavy atom. The Morgan fingerprint density at radius 2 is 2.00 bits per heavy atom. The van der Waals surface area contributed by atoms with Gasteiger partial charge in [-0.3, -0.25) is 4.79 Å². The van der Waals surface area contributed by atoms with Crippen LogP contribution in [0.3, 0.4) is 0 Å². The van der Waals surface area contributed by atoms with Crippen molar-refractivity contribution in [2.45, 2.75) is 33.2 Å². The minimum absolute atomic E-state index is 0.0832. The lowest BCUT2D eigenvalue weighted by molar-refractivity contribution is 0.0914. The molecular formula is C15H20N2O2. The van der Waals surface area contributed by atoms with Gasteiger partial charge in [-0.15, -0.1) is 0 Å². The van der Waals surface area contributed by atoms with Crippen LogP contribution in [0.5, 0.6) is 5.75 Å². The monoisotopic (exact) mass is 260 g/mol. The molecule has 19 heavy (non-hydrogen) atoms. The van der Waals surface area contributed by atoms with Crippen molar-refractivity contribution >= 4 is 16.8 Å². The van der Waals surface area contributed by atoms with Crippen LogP contribution in [0.15, 0.2) is 18.2 Å². The summed E-state index contributed by atoms with van der Waals surface area (Å²) in [6.07, 6.45) is 0. The summed E-state index contributed by atoms with van der Waals surface area (Å²) in [6, 6.07) is 5.74. The summed E-state index contributed by atoms with van der Waals surface area (Å²) in [5.74, 6) is 0.706. The number of fused-ring (bicyclic) bond motifs is 1. The molecule has 0 unspecified atom stereocenters. The number of benzene rings is 1. The molecule has 1 heterocycles. The van der Waals surface area contributed by atoms with Gasteiger partial charge in [0.15, 0.2) is 0 Å². The Kier molecular flexibility index (Phi) is 3.27. The number of methoxy groups -OCH3 is 1. The average Bonchev–Trinajstić information content (AvgIpc) is 2.64. The first-order valence-corrected chi connectivity index (χ1v) is 6.30. The van der Waals surface area contributed by atoms with E-state index in [1.807, 2.05) is 45.9 Å². The lowest BCUT2D eigenvalue weighted by atomic mass is 10.1. The van der Waals surface area contributed by atoms with Crippen LogP contribution in [0.4, 0.5) is 0 Å². The van der Waals surface area contributed by atoms with E-state index in [0.717, 1.165) is 22.2 Å². The number of ether oxygens (including phenoxy) is 1. The number of aryl methyl sites for hydroxylation is 1. The third kappa shape index (κ3) is 2.72. The molecule has 102 valence electrons. The van der Waals surface area contributed by atoms with Crippen LogP contribution in [0.1, 0.15) is 36.8 Å². The lowest BCUT2D eigenvalue weighted by Crippen LogP contribution is -2.40. The van der Waals surface area contributed by atoms with Crippen LogP contribution < -0.4 is 10.1 Å². The first-order chi connectivity index (χ1) is 8.81. The third-order valence-corrected chi connectivity index (χ3v) is 2.98. The van der Waals surface area contributed by atoms with Crippen molar-refractivity contribution in [3.05, 3.63) is 29.5 Å². The largest absolute Gasteiger partial charge is 0.497 e. The lowest BCUT2D eigenvalue weighted by Gasteiger charge is -2.20. The van der Waals surface area contributed by atoms with Crippen molar-refractivity contribution in [2.75, 3.05) is 7.11 Å². The summed E-state index contributed by atoms with van der Waals surface area (Å²) in [6.45, 7) is 7.83. The molecular weight excluding hydrogens is 240 g/mol. The molecule has 0 saturated heterocycles. The molecule has 1 amide bonds. The molecule has 0 fully saturated rings. The molecule has 4 nitrogen and oxygen atoms in total. The van der Waals surface area contributed by atoms with Gasteiger partial charge in [0, 0.05) is 16.4 Å². The van der Waals surface area contributed by atoms with Gasteiger partial charge >= 0.3 is 0 Å². The van der Waals surface area contributed by atoms with Gasteiger partial charge in [0.25, 0.3) is 5.91 Å². The van der Waals surface area contributed by atoms with E-state index in [4.69, 9.17) is 4.74 Å². The molecule has 0 aliphatic carbocycles. The normalized spacial score (nSPS) is 11.6. The number of hydrogen-bond acceptors (Lipinski definition) is 2. The smallest absolute Gasteiger partial charge is 0.268 e. The minimum Gasteiger partial charge on any atom is -0.497 e. The van der Waals surface area contributed by atoms with Crippen LogP contribution in [0.2, 0.25) is 0 Å². The van der Waals surface area contributed by atoms with Crippen molar-refractivity contribution < 1.29 is 9.53 Å². The van der Waals surface area contributed by atoms with Gasteiger partial charge in [-0.05, 0) is 51.5 Å². The second kappa shape index (κ2) is 4.61. The van der Waals surface area contributed by atoms with E-state index in [0.29, 0.717) is 5.69 Å². The average molecular weight is 260 g/mol. The molecule has 1 aromatic carbocycles. The SMILES string of the molecule is COc1ccc2[nH]c(C(=O)NC(C)(C)C)c(C)c2c1. The molecule has 2 rings (SSSR count). The fraction of sp³-hybridized carbons (Fsp3) is 0.400. The number of carbonyl (C=O) groups is 1. The van der Waals surface area contributed by atoms with Gasteiger partial charge in [-0.25, -0.2) is 0 Å². The Labute approximate surface area is 113 Å². The highest BCUT2D eigenvalue weighted by Crippen LogP contribution is 2.26. The molecule has 2 aromatic rings. The van der Waals surface area contributed by atoms with Crippen LogP contribution in [0.25, 0.3) is 10.9 Å². The van der Waals surface area contributed by atoms with E-state index in [-0.39, 0.29) is 11.4 Å². The van der Waals surface area contributed by atoms with E-state index in [1.165, 1.54) is 0 Å². The van der Waals surface area contributed by atoms with Gasteiger partial charge < -0.3 is 15.0 Å². The van der Waals surface area contributed by atoms with Gasteiger partial charge in [0.1, 0.15) is 11.4 Å². The summed E-state index contributed by atoms with van der Waals surface area (Å²) >= 11 is 0. The number of rotatable bonds is 2. The molecule has 0 bridgehead atoms. The van der Waals surface area contributed by atoms with E-state index < -0.39 is 0 Å². The summed E-state index contributed by atoms with van der Waals surface area (Å²) in [4.78, 5) is 15.4. The van der Waals surface area contributed by atoms with Gasteiger partial charge in [-0.2, -0.15) is 0 Å². The van der Waals surface area contributed by atoms with Crippen LogP contribution in [0, 0.1) is 6.92 Å². The molecule has 0 atom stereocenters. The van der Waals surface area contributed by atoms with E-state index in [9.17, 15) is 4.79 Å². The van der Waals surface area contributed by atoms with E-state index in [1.54, 1.807) is 7.11 Å². The fourth-order valence-electron chi connectivity index (χ4n) is 2.06. The fourth-order valence-corrected chi connectivity index (χ4v) is 2.06. The van der Waals surface area contributed by atoms with Crippen molar-refractivity contribution in [2.24, 2.45) is 0 Å². The zero-order valence-corrected chi connectivity index (χ0v) is 12.0. The number of nitrogens with one attached hydrogen (secondary N) is 2. The Bertz CT molecular complexity index is 621. The van der Waals surface area contributed by atoms with Gasteiger partial charge in [0.05, 0.1) is 7.11 Å². The van der Waals surface area contributed by atoms with Gasteiger partial charge in [-0.1, -0.05) is 0 Å². The molecule has 0 radical (unpaired) electrons. The number of carbonyl (C=O) groups excluding carboxylic acids is 1. The maximum absolute atomic E-state index is 12.2. The van der Waals surface area contributed by atoms with E-state index in [2.05, 4.69) is 10.3 Å². The first-order valence-electron chi connectivity index (χ1n) is 6.30. The van der Waals surface area contributed by atoms with Crippen molar-refractivity contribution in [3.63, 3.8) is 0 Å². The number of aromatic amines is 1. The second-order valence-electron chi connectivity index (χ2n) is 5.74. The standard InChI is InChI=1S/C15H20N2O2/c1-9-11-8-10(19-5)6-7-12(11)16-13(9)14(18)17-15(2,3)4/h6-8,16H,1-5H3,(H,17,18). The zero-order chi connectivity index (χ0) is 14.2. The van der Waals surface area contributed by atoms with Crippen LogP contribution >= 0.6 is 0 Å². The molecule has 0 aliphatic heterocycles. The predicted molar refractivity (Wildman–Crippen MR) is 76.8 cm³/mol. The quantitative estimate of drug-likeness (QED) is 0.872.